The smallest absolute Gasteiger partial charge is 0.165 e. The minimum Gasteiger partial charge on any atom is -0.338 e. The van der Waals surface area contributed by atoms with Crippen molar-refractivity contribution >= 4 is 0 Å². The first-order valence-electron chi connectivity index (χ1n) is 5.16. The van der Waals surface area contributed by atoms with Gasteiger partial charge in [0, 0.05) is 0 Å². The summed E-state index contributed by atoms with van der Waals surface area (Å²) in [5, 5.41) is 0. The Kier molecular flexibility index (Phi) is 7.95. The van der Waals surface area contributed by atoms with Crippen molar-refractivity contribution in [2.24, 2.45) is 0 Å². The SMILES string of the molecule is CC.CCCc1ccc(OOC)cc1. The number of rotatable bonds is 4. The van der Waals surface area contributed by atoms with Gasteiger partial charge < -0.3 is 4.89 Å². The third kappa shape index (κ3) is 4.87. The molecule has 0 aliphatic heterocycles. The van der Waals surface area contributed by atoms with Crippen LogP contribution >= 0.6 is 0 Å². The van der Waals surface area contributed by atoms with Crippen LogP contribution in [0.5, 0.6) is 5.75 Å². The zero-order valence-corrected chi connectivity index (χ0v) is 9.54. The molecule has 0 fully saturated rings. The zero-order chi connectivity index (χ0) is 10.8. The maximum atomic E-state index is 4.84. The molecule has 80 valence electrons. The van der Waals surface area contributed by atoms with Crippen LogP contribution in [0.25, 0.3) is 0 Å². The van der Waals surface area contributed by atoms with Crippen LogP contribution in [0, 0.1) is 0 Å². The van der Waals surface area contributed by atoms with E-state index in [1.165, 1.54) is 19.1 Å². The maximum absolute atomic E-state index is 4.84. The van der Waals surface area contributed by atoms with Crippen molar-refractivity contribution in [1.29, 1.82) is 0 Å². The molecule has 0 heterocycles. The molecule has 1 aromatic carbocycles. The molecule has 0 saturated heterocycles. The van der Waals surface area contributed by atoms with Crippen molar-refractivity contribution in [1.82, 2.24) is 0 Å². The molecule has 0 aliphatic rings. The first kappa shape index (κ1) is 13.0. The molecule has 0 unspecified atom stereocenters. The van der Waals surface area contributed by atoms with Crippen LogP contribution in [0.4, 0.5) is 0 Å². The minimum atomic E-state index is 0.748. The number of hydrogen-bond donors (Lipinski definition) is 0. The average Bonchev–Trinajstić information content (AvgIpc) is 2.25. The highest BCUT2D eigenvalue weighted by Crippen LogP contribution is 2.12. The van der Waals surface area contributed by atoms with Crippen LogP contribution in [0.2, 0.25) is 0 Å². The molecule has 0 aromatic heterocycles. The second-order valence-electron chi connectivity index (χ2n) is 2.64. The van der Waals surface area contributed by atoms with Gasteiger partial charge in [-0.05, 0) is 24.1 Å². The van der Waals surface area contributed by atoms with Crippen molar-refractivity contribution in [3.63, 3.8) is 0 Å². The third-order valence-electron chi connectivity index (χ3n) is 1.64. The molecule has 0 N–H and O–H groups in total. The monoisotopic (exact) mass is 196 g/mol. The van der Waals surface area contributed by atoms with Crippen LogP contribution < -0.4 is 4.89 Å². The van der Waals surface area contributed by atoms with E-state index in [-0.39, 0.29) is 0 Å². The van der Waals surface area contributed by atoms with Gasteiger partial charge in [0.1, 0.15) is 0 Å². The molecule has 1 aromatic rings. The lowest BCUT2D eigenvalue weighted by Gasteiger charge is -2.01. The van der Waals surface area contributed by atoms with Gasteiger partial charge in [-0.25, -0.2) is 0 Å². The molecular weight excluding hydrogens is 176 g/mol. The molecule has 2 nitrogen and oxygen atoms in total. The van der Waals surface area contributed by atoms with Crippen LogP contribution in [-0.4, -0.2) is 7.11 Å². The Morgan fingerprint density at radius 3 is 2.07 bits per heavy atom. The quantitative estimate of drug-likeness (QED) is 0.541. The van der Waals surface area contributed by atoms with E-state index < -0.39 is 0 Å². The Balaban J connectivity index is 0.000000791. The molecule has 0 saturated carbocycles. The summed E-state index contributed by atoms with van der Waals surface area (Å²) in [4.78, 5) is 9.37. The number of benzene rings is 1. The Morgan fingerprint density at radius 2 is 1.64 bits per heavy atom. The second kappa shape index (κ2) is 8.57. The first-order valence-corrected chi connectivity index (χ1v) is 5.16. The van der Waals surface area contributed by atoms with E-state index in [1.807, 2.05) is 26.0 Å². The highest BCUT2D eigenvalue weighted by Gasteiger charge is 1.93. The summed E-state index contributed by atoms with van der Waals surface area (Å²) in [6.07, 6.45) is 2.29. The summed E-state index contributed by atoms with van der Waals surface area (Å²) in [6, 6.07) is 7.93. The first-order chi connectivity index (χ1) is 6.86. The van der Waals surface area contributed by atoms with E-state index in [0.29, 0.717) is 0 Å². The largest absolute Gasteiger partial charge is 0.338 e. The van der Waals surface area contributed by atoms with Gasteiger partial charge in [-0.3, -0.25) is 0 Å². The summed E-state index contributed by atoms with van der Waals surface area (Å²) in [7, 11) is 1.50. The zero-order valence-electron chi connectivity index (χ0n) is 9.54. The van der Waals surface area contributed by atoms with Crippen molar-refractivity contribution in [3.8, 4) is 5.75 Å². The minimum absolute atomic E-state index is 0.748. The van der Waals surface area contributed by atoms with Crippen LogP contribution in [0.3, 0.4) is 0 Å². The van der Waals surface area contributed by atoms with E-state index in [9.17, 15) is 0 Å². The molecule has 0 aliphatic carbocycles. The average molecular weight is 196 g/mol. The van der Waals surface area contributed by atoms with Gasteiger partial charge in [0.25, 0.3) is 0 Å². The topological polar surface area (TPSA) is 18.5 Å². The van der Waals surface area contributed by atoms with Crippen molar-refractivity contribution < 1.29 is 9.78 Å². The lowest BCUT2D eigenvalue weighted by atomic mass is 10.1. The van der Waals surface area contributed by atoms with Crippen molar-refractivity contribution in [2.75, 3.05) is 7.11 Å². The normalized spacial score (nSPS) is 8.86. The molecule has 0 spiro atoms. The Morgan fingerprint density at radius 1 is 1.07 bits per heavy atom. The molecule has 1 rings (SSSR count). The molecule has 2 heteroatoms. The molecule has 0 bridgehead atoms. The van der Waals surface area contributed by atoms with E-state index >= 15 is 0 Å². The van der Waals surface area contributed by atoms with Gasteiger partial charge in [0.05, 0.1) is 7.11 Å². The fourth-order valence-corrected chi connectivity index (χ4v) is 1.10. The molecule has 14 heavy (non-hydrogen) atoms. The molecular formula is C12H20O2. The predicted molar refractivity (Wildman–Crippen MR) is 59.4 cm³/mol. The van der Waals surface area contributed by atoms with E-state index in [2.05, 4.69) is 23.9 Å². The van der Waals surface area contributed by atoms with E-state index in [1.54, 1.807) is 0 Å². The van der Waals surface area contributed by atoms with E-state index in [0.717, 1.165) is 12.2 Å². The number of hydrogen-bond acceptors (Lipinski definition) is 2. The third-order valence-corrected chi connectivity index (χ3v) is 1.64. The summed E-state index contributed by atoms with van der Waals surface area (Å²) in [6.45, 7) is 6.17. The Labute approximate surface area is 86.8 Å². The fraction of sp³-hybridized carbons (Fsp3) is 0.500. The van der Waals surface area contributed by atoms with Gasteiger partial charge in [-0.2, -0.15) is 4.89 Å². The Hall–Kier alpha value is -1.02. The van der Waals surface area contributed by atoms with Gasteiger partial charge in [0.15, 0.2) is 5.75 Å². The van der Waals surface area contributed by atoms with Crippen LogP contribution in [0.1, 0.15) is 32.8 Å². The maximum Gasteiger partial charge on any atom is 0.165 e. The molecule has 0 atom stereocenters. The lowest BCUT2D eigenvalue weighted by molar-refractivity contribution is -0.178. The fourth-order valence-electron chi connectivity index (χ4n) is 1.10. The summed E-state index contributed by atoms with van der Waals surface area (Å²) < 4.78 is 0. The Bertz CT molecular complexity index is 191. The highest BCUT2D eigenvalue weighted by atomic mass is 17.2. The van der Waals surface area contributed by atoms with Gasteiger partial charge in [0.2, 0.25) is 0 Å². The summed E-state index contributed by atoms with van der Waals surface area (Å²) >= 11 is 0. The highest BCUT2D eigenvalue weighted by molar-refractivity contribution is 5.26. The van der Waals surface area contributed by atoms with Gasteiger partial charge >= 0.3 is 0 Å². The van der Waals surface area contributed by atoms with Gasteiger partial charge in [-0.15, -0.1) is 0 Å². The van der Waals surface area contributed by atoms with Crippen molar-refractivity contribution in [2.45, 2.75) is 33.6 Å². The predicted octanol–water partition coefficient (Wildman–Crippen LogP) is 3.61. The number of aryl methyl sites for hydroxylation is 1. The van der Waals surface area contributed by atoms with E-state index in [4.69, 9.17) is 4.89 Å². The van der Waals surface area contributed by atoms with Crippen molar-refractivity contribution in [3.05, 3.63) is 29.8 Å². The van der Waals surface area contributed by atoms with Gasteiger partial charge in [-0.1, -0.05) is 39.3 Å². The summed E-state index contributed by atoms with van der Waals surface area (Å²) in [5.41, 5.74) is 1.33. The lowest BCUT2D eigenvalue weighted by Crippen LogP contribution is -1.90. The second-order valence-corrected chi connectivity index (χ2v) is 2.64. The van der Waals surface area contributed by atoms with Crippen LogP contribution in [-0.2, 0) is 11.3 Å². The summed E-state index contributed by atoms with van der Waals surface area (Å²) in [5.74, 6) is 0.748. The standard InChI is InChI=1S/C10H14O2.C2H6/c1-3-4-9-5-7-10(8-6-9)12-11-2;1-2/h5-8H,3-4H2,1-2H3;1-2H3. The molecule has 0 amide bonds. The van der Waals surface area contributed by atoms with Crippen LogP contribution in [0.15, 0.2) is 24.3 Å². The molecule has 0 radical (unpaired) electrons.